The normalized spacial score (nSPS) is 9.77. The zero-order valence-electron chi connectivity index (χ0n) is 8.65. The molecule has 0 nitrogen and oxygen atoms in total. The van der Waals surface area contributed by atoms with Crippen LogP contribution >= 0.6 is 0 Å². The van der Waals surface area contributed by atoms with Crippen LogP contribution in [0.15, 0.2) is 25.3 Å². The van der Waals surface area contributed by atoms with Gasteiger partial charge in [0.1, 0.15) is 0 Å². The van der Waals surface area contributed by atoms with Crippen molar-refractivity contribution in [3.05, 3.63) is 47.5 Å². The maximum Gasteiger partial charge on any atom is -0.0203 e. The van der Waals surface area contributed by atoms with E-state index in [1.807, 2.05) is 13.0 Å². The summed E-state index contributed by atoms with van der Waals surface area (Å²) >= 11 is 0. The highest BCUT2D eigenvalue weighted by Crippen LogP contribution is 2.21. The Labute approximate surface area is 80.6 Å². The zero-order valence-corrected chi connectivity index (χ0v) is 8.65. The molecule has 0 saturated carbocycles. The van der Waals surface area contributed by atoms with Gasteiger partial charge in [-0.15, -0.1) is 0 Å². The van der Waals surface area contributed by atoms with Crippen molar-refractivity contribution in [3.8, 4) is 0 Å². The first kappa shape index (κ1) is 9.79. The molecule has 0 aliphatic carbocycles. The lowest BCUT2D eigenvalue weighted by atomic mass is 9.97. The van der Waals surface area contributed by atoms with Crippen LogP contribution < -0.4 is 0 Å². The molecule has 0 saturated heterocycles. The Morgan fingerprint density at radius 3 is 2.00 bits per heavy atom. The minimum absolute atomic E-state index is 1.11. The lowest BCUT2D eigenvalue weighted by Gasteiger charge is -2.08. The summed E-state index contributed by atoms with van der Waals surface area (Å²) in [5.41, 5.74) is 6.12. The van der Waals surface area contributed by atoms with Crippen LogP contribution in [0.5, 0.6) is 0 Å². The van der Waals surface area contributed by atoms with Crippen molar-refractivity contribution in [1.82, 2.24) is 0 Å². The molecule has 0 atom stereocenters. The van der Waals surface area contributed by atoms with E-state index < -0.39 is 0 Å². The van der Waals surface area contributed by atoms with Crippen molar-refractivity contribution < 1.29 is 0 Å². The Morgan fingerprint density at radius 2 is 1.69 bits per heavy atom. The minimum Gasteiger partial charge on any atom is -0.0985 e. The molecule has 1 aromatic carbocycles. The van der Waals surface area contributed by atoms with Gasteiger partial charge in [0, 0.05) is 0 Å². The first-order valence-corrected chi connectivity index (χ1v) is 4.46. The first-order valence-electron chi connectivity index (χ1n) is 4.46. The quantitative estimate of drug-likeness (QED) is 0.633. The molecule has 0 radical (unpaired) electrons. The van der Waals surface area contributed by atoms with E-state index >= 15 is 0 Å². The highest BCUT2D eigenvalue weighted by Gasteiger charge is 2.01. The summed E-state index contributed by atoms with van der Waals surface area (Å²) in [5.74, 6) is 0. The van der Waals surface area contributed by atoms with E-state index in [0.717, 1.165) is 5.57 Å². The van der Waals surface area contributed by atoms with Gasteiger partial charge in [0.2, 0.25) is 0 Å². The Hall–Kier alpha value is -1.30. The molecule has 0 fully saturated rings. The molecule has 0 N–H and O–H groups in total. The summed E-state index contributed by atoms with van der Waals surface area (Å²) in [6, 6.07) is 4.32. The molecule has 0 heterocycles. The predicted molar refractivity (Wildman–Crippen MR) is 60.7 cm³/mol. The fraction of sp³-hybridized carbons (Fsp3) is 0.231. The topological polar surface area (TPSA) is 0 Å². The van der Waals surface area contributed by atoms with Crippen molar-refractivity contribution >= 4 is 11.6 Å². The van der Waals surface area contributed by atoms with Gasteiger partial charge in [0.25, 0.3) is 0 Å². The molecule has 68 valence electrons. The van der Waals surface area contributed by atoms with Crippen LogP contribution in [0.2, 0.25) is 0 Å². The van der Waals surface area contributed by atoms with E-state index in [0.29, 0.717) is 0 Å². The number of rotatable bonds is 2. The third-order valence-electron chi connectivity index (χ3n) is 2.29. The number of aryl methyl sites for hydroxylation is 2. The Balaban J connectivity index is 3.36. The Morgan fingerprint density at radius 1 is 1.23 bits per heavy atom. The van der Waals surface area contributed by atoms with Crippen LogP contribution in [0.4, 0.5) is 0 Å². The maximum atomic E-state index is 3.94. The Kier molecular flexibility index (Phi) is 2.72. The van der Waals surface area contributed by atoms with Crippen LogP contribution in [0.1, 0.15) is 29.2 Å². The molecule has 13 heavy (non-hydrogen) atoms. The van der Waals surface area contributed by atoms with Gasteiger partial charge in [0.05, 0.1) is 0 Å². The zero-order chi connectivity index (χ0) is 10.0. The van der Waals surface area contributed by atoms with Crippen molar-refractivity contribution in [2.24, 2.45) is 0 Å². The van der Waals surface area contributed by atoms with Crippen molar-refractivity contribution in [1.29, 1.82) is 0 Å². The van der Waals surface area contributed by atoms with E-state index in [2.05, 4.69) is 39.1 Å². The average Bonchev–Trinajstić information content (AvgIpc) is 2.03. The van der Waals surface area contributed by atoms with Crippen LogP contribution in [-0.4, -0.2) is 0 Å². The molecule has 0 spiro atoms. The van der Waals surface area contributed by atoms with E-state index in [1.54, 1.807) is 0 Å². The van der Waals surface area contributed by atoms with Crippen LogP contribution in [0.3, 0.4) is 0 Å². The van der Waals surface area contributed by atoms with E-state index in [-0.39, 0.29) is 0 Å². The van der Waals surface area contributed by atoms with Gasteiger partial charge in [-0.1, -0.05) is 36.9 Å². The van der Waals surface area contributed by atoms with Crippen molar-refractivity contribution in [2.75, 3.05) is 0 Å². The second-order valence-electron chi connectivity index (χ2n) is 3.51. The predicted octanol–water partition coefficient (Wildman–Crippen LogP) is 3.98. The molecular formula is C13H16. The molecule has 0 aliphatic heterocycles. The van der Waals surface area contributed by atoms with Gasteiger partial charge >= 0.3 is 0 Å². The summed E-state index contributed by atoms with van der Waals surface area (Å²) in [6.07, 6.45) is 1.91. The fourth-order valence-electron chi connectivity index (χ4n) is 1.54. The number of allylic oxidation sites excluding steroid dienone is 1. The second kappa shape index (κ2) is 3.61. The molecule has 0 heteroatoms. The molecular weight excluding hydrogens is 156 g/mol. The Bertz CT molecular complexity index is 333. The van der Waals surface area contributed by atoms with E-state index in [1.165, 1.54) is 22.3 Å². The molecule has 1 rings (SSSR count). The van der Waals surface area contributed by atoms with Gasteiger partial charge in [-0.3, -0.25) is 0 Å². The van der Waals surface area contributed by atoms with Gasteiger partial charge in [0.15, 0.2) is 0 Å². The molecule has 0 aliphatic rings. The lowest BCUT2D eigenvalue weighted by molar-refractivity contribution is 1.34. The lowest BCUT2D eigenvalue weighted by Crippen LogP contribution is -1.89. The van der Waals surface area contributed by atoms with Crippen LogP contribution in [0.25, 0.3) is 11.6 Å². The number of benzene rings is 1. The first-order chi connectivity index (χ1) is 6.06. The molecule has 0 aromatic heterocycles. The minimum atomic E-state index is 1.11. The highest BCUT2D eigenvalue weighted by atomic mass is 14.1. The fourth-order valence-corrected chi connectivity index (χ4v) is 1.54. The van der Waals surface area contributed by atoms with Gasteiger partial charge in [-0.2, -0.15) is 0 Å². The largest absolute Gasteiger partial charge is 0.0985 e. The number of hydrogen-bond donors (Lipinski definition) is 0. The summed E-state index contributed by atoms with van der Waals surface area (Å²) in [5, 5.41) is 0. The molecule has 0 unspecified atom stereocenters. The molecule has 0 amide bonds. The smallest absolute Gasteiger partial charge is 0.0203 e. The van der Waals surface area contributed by atoms with E-state index in [9.17, 15) is 0 Å². The molecule has 0 bridgehead atoms. The van der Waals surface area contributed by atoms with Gasteiger partial charge in [-0.05, 0) is 43.0 Å². The summed E-state index contributed by atoms with van der Waals surface area (Å²) < 4.78 is 0. The summed E-state index contributed by atoms with van der Waals surface area (Å²) in [6.45, 7) is 14.0. The van der Waals surface area contributed by atoms with Crippen LogP contribution in [-0.2, 0) is 0 Å². The average molecular weight is 172 g/mol. The summed E-state index contributed by atoms with van der Waals surface area (Å²) in [7, 11) is 0. The summed E-state index contributed by atoms with van der Waals surface area (Å²) in [4.78, 5) is 0. The number of hydrogen-bond acceptors (Lipinski definition) is 0. The monoisotopic (exact) mass is 172 g/mol. The van der Waals surface area contributed by atoms with Gasteiger partial charge in [-0.25, -0.2) is 0 Å². The highest BCUT2D eigenvalue weighted by molar-refractivity contribution is 5.67. The van der Waals surface area contributed by atoms with E-state index in [4.69, 9.17) is 0 Å². The SMILES string of the molecule is C=Cc1c(C)cc(C(=C)C)cc1C. The second-order valence-corrected chi connectivity index (χ2v) is 3.51. The maximum absolute atomic E-state index is 3.94. The van der Waals surface area contributed by atoms with Gasteiger partial charge < -0.3 is 0 Å². The third kappa shape index (κ3) is 1.89. The molecule has 1 aromatic rings. The van der Waals surface area contributed by atoms with Crippen molar-refractivity contribution in [2.45, 2.75) is 20.8 Å². The van der Waals surface area contributed by atoms with Crippen molar-refractivity contribution in [3.63, 3.8) is 0 Å². The third-order valence-corrected chi connectivity index (χ3v) is 2.29. The van der Waals surface area contributed by atoms with Crippen LogP contribution in [0, 0.1) is 13.8 Å². The standard InChI is InChI=1S/C13H16/c1-6-13-10(4)7-12(9(2)3)8-11(13)5/h6-8H,1-2H2,3-5H3.